The van der Waals surface area contributed by atoms with Crippen molar-refractivity contribution >= 4 is 22.6 Å². The average Bonchev–Trinajstić information content (AvgIpc) is 2.74. The number of nitrogens with zero attached hydrogens (tertiary/aromatic N) is 2. The van der Waals surface area contributed by atoms with Crippen LogP contribution in [0.5, 0.6) is 5.75 Å². The predicted octanol–water partition coefficient (Wildman–Crippen LogP) is 1.19. The highest BCUT2D eigenvalue weighted by molar-refractivity contribution is 5.97. The predicted molar refractivity (Wildman–Crippen MR) is 106 cm³/mol. The second-order valence-electron chi connectivity index (χ2n) is 6.65. The Morgan fingerprint density at radius 2 is 1.54 bits per heavy atom. The highest BCUT2D eigenvalue weighted by Gasteiger charge is 2.22. The van der Waals surface area contributed by atoms with Gasteiger partial charge in [-0.15, -0.1) is 0 Å². The number of fused-ring (bicyclic) bond motifs is 1. The summed E-state index contributed by atoms with van der Waals surface area (Å²) in [5.74, 6) is 0.719. The maximum absolute atomic E-state index is 12.8. The number of anilines is 1. The molecular formula is C20H20N4O4. The molecule has 28 heavy (non-hydrogen) atoms. The van der Waals surface area contributed by atoms with Gasteiger partial charge in [-0.3, -0.25) is 14.4 Å². The second-order valence-corrected chi connectivity index (χ2v) is 6.65. The molecule has 2 heterocycles. The lowest BCUT2D eigenvalue weighted by Gasteiger charge is -2.36. The summed E-state index contributed by atoms with van der Waals surface area (Å²) in [5.41, 5.74) is 1.07. The Morgan fingerprint density at radius 1 is 0.893 bits per heavy atom. The van der Waals surface area contributed by atoms with Gasteiger partial charge in [-0.2, -0.15) is 0 Å². The zero-order chi connectivity index (χ0) is 19.7. The van der Waals surface area contributed by atoms with Crippen molar-refractivity contribution in [1.82, 2.24) is 14.9 Å². The third-order valence-electron chi connectivity index (χ3n) is 4.97. The fourth-order valence-electron chi connectivity index (χ4n) is 3.39. The number of carbonyl (C=O) groups is 1. The Balaban J connectivity index is 1.47. The van der Waals surface area contributed by atoms with Crippen LogP contribution in [0, 0.1) is 0 Å². The number of amides is 1. The van der Waals surface area contributed by atoms with Crippen molar-refractivity contribution in [3.63, 3.8) is 0 Å². The van der Waals surface area contributed by atoms with E-state index in [1.807, 2.05) is 24.3 Å². The Bertz CT molecular complexity index is 1130. The van der Waals surface area contributed by atoms with Crippen LogP contribution < -0.4 is 20.8 Å². The molecule has 0 unspecified atom stereocenters. The molecule has 1 aliphatic rings. The summed E-state index contributed by atoms with van der Waals surface area (Å²) in [4.78, 5) is 44.8. The van der Waals surface area contributed by atoms with Crippen LogP contribution >= 0.6 is 0 Å². The molecule has 0 saturated carbocycles. The number of ether oxygens (including phenoxy) is 1. The van der Waals surface area contributed by atoms with E-state index in [4.69, 9.17) is 4.74 Å². The van der Waals surface area contributed by atoms with Crippen LogP contribution in [-0.2, 0) is 0 Å². The SMILES string of the molecule is COc1ccc(N2CCN(C(=O)c3ccc4[nH]c(=O)c(=O)[nH]c4c3)CC2)cc1. The van der Waals surface area contributed by atoms with Gasteiger partial charge in [0, 0.05) is 37.4 Å². The number of hydrogen-bond donors (Lipinski definition) is 2. The monoisotopic (exact) mass is 380 g/mol. The van der Waals surface area contributed by atoms with E-state index in [1.54, 1.807) is 30.2 Å². The van der Waals surface area contributed by atoms with Gasteiger partial charge in [-0.05, 0) is 42.5 Å². The van der Waals surface area contributed by atoms with Crippen molar-refractivity contribution in [2.45, 2.75) is 0 Å². The van der Waals surface area contributed by atoms with E-state index in [9.17, 15) is 14.4 Å². The summed E-state index contributed by atoms with van der Waals surface area (Å²) >= 11 is 0. The van der Waals surface area contributed by atoms with Crippen molar-refractivity contribution in [3.8, 4) is 5.75 Å². The van der Waals surface area contributed by atoms with E-state index in [1.165, 1.54) is 0 Å². The number of rotatable bonds is 3. The third-order valence-corrected chi connectivity index (χ3v) is 4.97. The van der Waals surface area contributed by atoms with Crippen molar-refractivity contribution in [2.24, 2.45) is 0 Å². The van der Waals surface area contributed by atoms with E-state index in [2.05, 4.69) is 14.9 Å². The van der Waals surface area contributed by atoms with Gasteiger partial charge in [-0.1, -0.05) is 0 Å². The second kappa shape index (κ2) is 7.22. The Morgan fingerprint density at radius 3 is 2.18 bits per heavy atom. The number of H-pyrrole nitrogens is 2. The minimum atomic E-state index is -0.731. The van der Waals surface area contributed by atoms with E-state index < -0.39 is 11.1 Å². The van der Waals surface area contributed by atoms with Crippen LogP contribution in [0.2, 0.25) is 0 Å². The molecule has 0 bridgehead atoms. The molecule has 1 saturated heterocycles. The quantitative estimate of drug-likeness (QED) is 0.665. The number of nitrogens with one attached hydrogen (secondary N) is 2. The summed E-state index contributed by atoms with van der Waals surface area (Å²) in [7, 11) is 1.64. The molecule has 8 nitrogen and oxygen atoms in total. The lowest BCUT2D eigenvalue weighted by atomic mass is 10.1. The lowest BCUT2D eigenvalue weighted by Crippen LogP contribution is -2.48. The molecule has 1 fully saturated rings. The van der Waals surface area contributed by atoms with Crippen LogP contribution in [0.15, 0.2) is 52.1 Å². The highest BCUT2D eigenvalue weighted by Crippen LogP contribution is 2.21. The van der Waals surface area contributed by atoms with Gasteiger partial charge in [0.2, 0.25) is 0 Å². The summed E-state index contributed by atoms with van der Waals surface area (Å²) in [6.45, 7) is 2.67. The van der Waals surface area contributed by atoms with Crippen molar-refractivity contribution < 1.29 is 9.53 Å². The number of piperazine rings is 1. The van der Waals surface area contributed by atoms with Gasteiger partial charge >= 0.3 is 11.1 Å². The first-order chi connectivity index (χ1) is 13.5. The van der Waals surface area contributed by atoms with Crippen molar-refractivity contribution in [3.05, 3.63) is 68.7 Å². The first-order valence-corrected chi connectivity index (χ1v) is 9.00. The molecule has 144 valence electrons. The molecule has 0 spiro atoms. The van der Waals surface area contributed by atoms with Crippen molar-refractivity contribution in [2.75, 3.05) is 38.2 Å². The van der Waals surface area contributed by atoms with Gasteiger partial charge in [0.15, 0.2) is 0 Å². The number of hydrogen-bond acceptors (Lipinski definition) is 5. The van der Waals surface area contributed by atoms with Gasteiger partial charge < -0.3 is 24.5 Å². The normalized spacial score (nSPS) is 14.3. The first kappa shape index (κ1) is 17.8. The number of carbonyl (C=O) groups excluding carboxylic acids is 1. The number of methoxy groups -OCH3 is 1. The van der Waals surface area contributed by atoms with E-state index in [0.29, 0.717) is 29.7 Å². The molecule has 1 amide bonds. The zero-order valence-electron chi connectivity index (χ0n) is 15.4. The summed E-state index contributed by atoms with van der Waals surface area (Å²) in [6.07, 6.45) is 0. The number of aromatic amines is 2. The molecular weight excluding hydrogens is 360 g/mol. The van der Waals surface area contributed by atoms with E-state index in [-0.39, 0.29) is 5.91 Å². The maximum atomic E-state index is 12.8. The van der Waals surface area contributed by atoms with Crippen molar-refractivity contribution in [1.29, 1.82) is 0 Å². The molecule has 0 radical (unpaired) electrons. The van der Waals surface area contributed by atoms with Crippen LogP contribution in [0.4, 0.5) is 5.69 Å². The summed E-state index contributed by atoms with van der Waals surface area (Å²) < 4.78 is 5.19. The largest absolute Gasteiger partial charge is 0.497 e. The van der Waals surface area contributed by atoms with Crippen LogP contribution in [0.25, 0.3) is 11.0 Å². The fraction of sp³-hybridized carbons (Fsp3) is 0.250. The lowest BCUT2D eigenvalue weighted by molar-refractivity contribution is 0.0747. The van der Waals surface area contributed by atoms with Gasteiger partial charge in [-0.25, -0.2) is 0 Å². The first-order valence-electron chi connectivity index (χ1n) is 9.00. The van der Waals surface area contributed by atoms with Crippen LogP contribution in [-0.4, -0.2) is 54.1 Å². The van der Waals surface area contributed by atoms with Gasteiger partial charge in [0.1, 0.15) is 5.75 Å². The minimum Gasteiger partial charge on any atom is -0.497 e. The highest BCUT2D eigenvalue weighted by atomic mass is 16.5. The standard InChI is InChI=1S/C20H20N4O4/c1-28-15-5-3-14(4-6-15)23-8-10-24(11-9-23)20(27)13-2-7-16-17(12-13)22-19(26)18(25)21-16/h2-7,12H,8-11H2,1H3,(H,21,25)(H,22,26). The molecule has 0 atom stereocenters. The molecule has 2 aromatic carbocycles. The third kappa shape index (κ3) is 3.36. The summed E-state index contributed by atoms with van der Waals surface area (Å²) in [6, 6.07) is 12.8. The molecule has 3 aromatic rings. The fourth-order valence-corrected chi connectivity index (χ4v) is 3.39. The zero-order valence-corrected chi connectivity index (χ0v) is 15.4. The molecule has 8 heteroatoms. The van der Waals surface area contributed by atoms with Crippen LogP contribution in [0.3, 0.4) is 0 Å². The Hall–Kier alpha value is -3.55. The molecule has 0 aliphatic carbocycles. The van der Waals surface area contributed by atoms with E-state index >= 15 is 0 Å². The number of benzene rings is 2. The minimum absolute atomic E-state index is 0.0941. The van der Waals surface area contributed by atoms with E-state index in [0.717, 1.165) is 24.5 Å². The van der Waals surface area contributed by atoms with Gasteiger partial charge in [0.05, 0.1) is 18.1 Å². The molecule has 2 N–H and O–H groups in total. The topological polar surface area (TPSA) is 98.5 Å². The average molecular weight is 380 g/mol. The molecule has 1 aliphatic heterocycles. The Labute approximate surface area is 160 Å². The Kier molecular flexibility index (Phi) is 4.60. The van der Waals surface area contributed by atoms with Gasteiger partial charge in [0.25, 0.3) is 5.91 Å². The smallest absolute Gasteiger partial charge is 0.314 e. The maximum Gasteiger partial charge on any atom is 0.314 e. The van der Waals surface area contributed by atoms with Crippen LogP contribution in [0.1, 0.15) is 10.4 Å². The summed E-state index contributed by atoms with van der Waals surface area (Å²) in [5, 5.41) is 0. The number of aromatic nitrogens is 2. The molecule has 4 rings (SSSR count). The molecule has 1 aromatic heterocycles.